The molecule has 0 spiro atoms. The molecule has 0 saturated carbocycles. The van der Waals surface area contributed by atoms with Gasteiger partial charge >= 0.3 is 0 Å². The van der Waals surface area contributed by atoms with Gasteiger partial charge in [-0.1, -0.05) is 77.1 Å². The van der Waals surface area contributed by atoms with Crippen LogP contribution in [0.2, 0.25) is 22.7 Å². The van der Waals surface area contributed by atoms with Crippen molar-refractivity contribution in [3.05, 3.63) is 0 Å². The molecule has 0 aromatic carbocycles. The van der Waals surface area contributed by atoms with E-state index in [4.69, 9.17) is 5.73 Å². The highest BCUT2D eigenvalue weighted by atomic mass is 28.3. The molecule has 0 bridgehead atoms. The van der Waals surface area contributed by atoms with Gasteiger partial charge in [-0.05, 0) is 13.0 Å². The average Bonchev–Trinajstić information content (AvgIpc) is 2.16. The maximum Gasteiger partial charge on any atom is 0.0612 e. The van der Waals surface area contributed by atoms with Crippen LogP contribution in [-0.2, 0) is 0 Å². The average molecular weight is 244 g/mol. The van der Waals surface area contributed by atoms with Crippen LogP contribution in [0.1, 0.15) is 60.8 Å². The Kier molecular flexibility index (Phi) is 7.58. The Hall–Kier alpha value is 0.177. The van der Waals surface area contributed by atoms with E-state index in [1.165, 1.54) is 25.3 Å². The first-order valence-corrected chi connectivity index (χ1v) is 9.53. The van der Waals surface area contributed by atoms with Crippen LogP contribution >= 0.6 is 0 Å². The molecule has 0 radical (unpaired) electrons. The highest BCUT2D eigenvalue weighted by molar-refractivity contribution is 6.83. The van der Waals surface area contributed by atoms with Crippen LogP contribution in [0.3, 0.4) is 0 Å². The summed E-state index contributed by atoms with van der Waals surface area (Å²) in [6.07, 6.45) is 3.94. The lowest BCUT2D eigenvalue weighted by molar-refractivity contribution is 0.694. The first kappa shape index (κ1) is 16.2. The molecule has 0 aliphatic rings. The maximum absolute atomic E-state index is 5.57. The zero-order chi connectivity index (χ0) is 12.8. The molecule has 0 unspecified atom stereocenters. The van der Waals surface area contributed by atoms with Crippen molar-refractivity contribution in [1.29, 1.82) is 0 Å². The second-order valence-electron chi connectivity index (χ2n) is 6.18. The minimum absolute atomic E-state index is 0.861. The quantitative estimate of drug-likeness (QED) is 0.481. The van der Waals surface area contributed by atoms with Crippen molar-refractivity contribution in [2.75, 3.05) is 6.54 Å². The molecule has 0 rings (SSSR count). The zero-order valence-electron chi connectivity index (χ0n) is 12.3. The van der Waals surface area contributed by atoms with Crippen molar-refractivity contribution in [1.82, 2.24) is 0 Å². The molecule has 0 aromatic heterocycles. The predicted molar refractivity (Wildman–Crippen MR) is 78.8 cm³/mol. The van der Waals surface area contributed by atoms with Gasteiger partial charge in [0, 0.05) is 0 Å². The molecule has 98 valence electrons. The fraction of sp³-hybridized carbons (Fsp3) is 1.00. The second kappa shape index (κ2) is 7.49. The standard InChI is InChI=1S/C14H33NSi/c1-12(2)16(13(3)4,14(5)6)11-9-7-8-10-15/h12-14H,7-11,15H2,1-6H3. The lowest BCUT2D eigenvalue weighted by Gasteiger charge is -2.43. The van der Waals surface area contributed by atoms with E-state index in [9.17, 15) is 0 Å². The Labute approximate surface area is 104 Å². The van der Waals surface area contributed by atoms with Gasteiger partial charge in [-0.15, -0.1) is 0 Å². The van der Waals surface area contributed by atoms with E-state index < -0.39 is 8.07 Å². The predicted octanol–water partition coefficient (Wildman–Crippen LogP) is 4.79. The smallest absolute Gasteiger partial charge is 0.0612 e. The molecule has 0 fully saturated rings. The van der Waals surface area contributed by atoms with Crippen LogP contribution < -0.4 is 5.73 Å². The highest BCUT2D eigenvalue weighted by Crippen LogP contribution is 2.45. The molecule has 1 nitrogen and oxygen atoms in total. The van der Waals surface area contributed by atoms with Gasteiger partial charge in [0.2, 0.25) is 0 Å². The van der Waals surface area contributed by atoms with Crippen molar-refractivity contribution in [2.45, 2.75) is 83.5 Å². The second-order valence-corrected chi connectivity index (χ2v) is 12.4. The molecule has 0 aliphatic carbocycles. The number of hydrogen-bond acceptors (Lipinski definition) is 1. The van der Waals surface area contributed by atoms with Gasteiger partial charge in [0.05, 0.1) is 8.07 Å². The minimum Gasteiger partial charge on any atom is -0.330 e. The van der Waals surface area contributed by atoms with Crippen LogP contribution in [0.15, 0.2) is 0 Å². The van der Waals surface area contributed by atoms with Crippen molar-refractivity contribution >= 4 is 8.07 Å². The molecule has 0 heterocycles. The van der Waals surface area contributed by atoms with Gasteiger partial charge in [0.25, 0.3) is 0 Å². The molecule has 2 N–H and O–H groups in total. The molecule has 2 heteroatoms. The molecule has 0 saturated heterocycles. The largest absolute Gasteiger partial charge is 0.330 e. The van der Waals surface area contributed by atoms with E-state index in [0.717, 1.165) is 23.2 Å². The SMILES string of the molecule is CC(C)[Si](CCCCCN)(C(C)C)C(C)C. The van der Waals surface area contributed by atoms with E-state index in [2.05, 4.69) is 41.5 Å². The summed E-state index contributed by atoms with van der Waals surface area (Å²) in [6, 6.07) is 1.50. The Morgan fingerprint density at radius 1 is 0.750 bits per heavy atom. The van der Waals surface area contributed by atoms with Gasteiger partial charge in [0.1, 0.15) is 0 Å². The van der Waals surface area contributed by atoms with Crippen molar-refractivity contribution in [2.24, 2.45) is 5.73 Å². The van der Waals surface area contributed by atoms with Crippen LogP contribution in [0, 0.1) is 0 Å². The van der Waals surface area contributed by atoms with Crippen LogP contribution in [-0.4, -0.2) is 14.6 Å². The number of hydrogen-bond donors (Lipinski definition) is 1. The molecule has 0 aromatic rings. The summed E-state index contributed by atoms with van der Waals surface area (Å²) >= 11 is 0. The van der Waals surface area contributed by atoms with Gasteiger partial charge in [-0.3, -0.25) is 0 Å². The third-order valence-electron chi connectivity index (χ3n) is 4.54. The summed E-state index contributed by atoms with van der Waals surface area (Å²) < 4.78 is 0. The third-order valence-corrected chi connectivity index (χ3v) is 12.2. The number of unbranched alkanes of at least 4 members (excludes halogenated alkanes) is 2. The van der Waals surface area contributed by atoms with E-state index >= 15 is 0 Å². The monoisotopic (exact) mass is 243 g/mol. The van der Waals surface area contributed by atoms with Crippen molar-refractivity contribution in [3.63, 3.8) is 0 Å². The lowest BCUT2D eigenvalue weighted by Crippen LogP contribution is -2.44. The molecule has 0 atom stereocenters. The summed E-state index contributed by atoms with van der Waals surface area (Å²) in [4.78, 5) is 0. The van der Waals surface area contributed by atoms with E-state index in [-0.39, 0.29) is 0 Å². The first-order chi connectivity index (χ1) is 7.39. The first-order valence-electron chi connectivity index (χ1n) is 7.09. The Morgan fingerprint density at radius 2 is 1.19 bits per heavy atom. The number of rotatable bonds is 8. The molecule has 0 aliphatic heterocycles. The fourth-order valence-electron chi connectivity index (χ4n) is 3.62. The van der Waals surface area contributed by atoms with Crippen LogP contribution in [0.5, 0.6) is 0 Å². The normalized spacial score (nSPS) is 13.1. The molecular formula is C14H33NSi. The molecule has 0 amide bonds. The van der Waals surface area contributed by atoms with Crippen LogP contribution in [0.4, 0.5) is 0 Å². The Morgan fingerprint density at radius 3 is 1.50 bits per heavy atom. The summed E-state index contributed by atoms with van der Waals surface area (Å²) in [5.41, 5.74) is 8.29. The van der Waals surface area contributed by atoms with Gasteiger partial charge in [0.15, 0.2) is 0 Å². The third kappa shape index (κ3) is 3.88. The number of nitrogens with two attached hydrogens (primary N) is 1. The summed E-state index contributed by atoms with van der Waals surface area (Å²) in [5, 5.41) is 0. The summed E-state index contributed by atoms with van der Waals surface area (Å²) in [5.74, 6) is 0. The lowest BCUT2D eigenvalue weighted by atomic mass is 10.2. The van der Waals surface area contributed by atoms with Gasteiger partial charge < -0.3 is 5.73 Å². The molecular weight excluding hydrogens is 210 g/mol. The van der Waals surface area contributed by atoms with E-state index in [1.54, 1.807) is 0 Å². The highest BCUT2D eigenvalue weighted by Gasteiger charge is 2.41. The van der Waals surface area contributed by atoms with Crippen molar-refractivity contribution in [3.8, 4) is 0 Å². The van der Waals surface area contributed by atoms with E-state index in [1.807, 2.05) is 0 Å². The molecule has 16 heavy (non-hydrogen) atoms. The zero-order valence-corrected chi connectivity index (χ0v) is 13.3. The van der Waals surface area contributed by atoms with Crippen molar-refractivity contribution < 1.29 is 0 Å². The Bertz CT molecular complexity index is 154. The maximum atomic E-state index is 5.57. The minimum atomic E-state index is -1.12. The fourth-order valence-corrected chi connectivity index (χ4v) is 10.2. The van der Waals surface area contributed by atoms with Gasteiger partial charge in [-0.2, -0.15) is 0 Å². The summed E-state index contributed by atoms with van der Waals surface area (Å²) in [7, 11) is -1.12. The van der Waals surface area contributed by atoms with Gasteiger partial charge in [-0.25, -0.2) is 0 Å². The topological polar surface area (TPSA) is 26.0 Å². The Balaban J connectivity index is 4.52. The van der Waals surface area contributed by atoms with E-state index in [0.29, 0.717) is 0 Å². The van der Waals surface area contributed by atoms with Crippen LogP contribution in [0.25, 0.3) is 0 Å². The summed E-state index contributed by atoms with van der Waals surface area (Å²) in [6.45, 7) is 15.6.